The Morgan fingerprint density at radius 1 is 1.17 bits per heavy atom. The van der Waals surface area contributed by atoms with Crippen LogP contribution >= 0.6 is 11.3 Å². The van der Waals surface area contributed by atoms with E-state index in [1.165, 1.54) is 54.9 Å². The Morgan fingerprint density at radius 3 is 2.63 bits per heavy atom. The monoisotopic (exact) mass is 420 g/mol. The van der Waals surface area contributed by atoms with Crippen LogP contribution in [0.5, 0.6) is 0 Å². The van der Waals surface area contributed by atoms with Gasteiger partial charge in [-0.05, 0) is 74.3 Å². The highest BCUT2D eigenvalue weighted by Crippen LogP contribution is 2.38. The number of aromatic nitrogens is 1. The van der Waals surface area contributed by atoms with E-state index in [4.69, 9.17) is 5.73 Å². The molecule has 1 saturated heterocycles. The SMILES string of the molecule is Cc1ccc2c(N)c(C(=O)NCCc3ccc(N4CC5CC[C@@H](C5)C4)cc3)sc2n1. The number of nitrogens with zero attached hydrogens (tertiary/aromatic N) is 2. The molecule has 2 fully saturated rings. The van der Waals surface area contributed by atoms with Crippen LogP contribution in [0, 0.1) is 18.8 Å². The molecule has 156 valence electrons. The molecule has 1 aromatic carbocycles. The molecule has 3 aromatic rings. The van der Waals surface area contributed by atoms with Crippen molar-refractivity contribution in [2.45, 2.75) is 32.6 Å². The number of hydrogen-bond acceptors (Lipinski definition) is 5. The van der Waals surface area contributed by atoms with Crippen molar-refractivity contribution in [1.29, 1.82) is 0 Å². The highest BCUT2D eigenvalue weighted by molar-refractivity contribution is 7.21. The fraction of sp³-hybridized carbons (Fsp3) is 0.417. The molecule has 1 aliphatic heterocycles. The Morgan fingerprint density at radius 2 is 1.90 bits per heavy atom. The maximum absolute atomic E-state index is 12.6. The highest BCUT2D eigenvalue weighted by Gasteiger charge is 2.32. The van der Waals surface area contributed by atoms with Crippen molar-refractivity contribution in [2.75, 3.05) is 30.3 Å². The van der Waals surface area contributed by atoms with E-state index in [1.807, 2.05) is 19.1 Å². The van der Waals surface area contributed by atoms with Crippen LogP contribution in [0.3, 0.4) is 0 Å². The zero-order chi connectivity index (χ0) is 20.7. The number of nitrogens with two attached hydrogens (primary N) is 1. The second-order valence-electron chi connectivity index (χ2n) is 8.77. The first kappa shape index (κ1) is 19.4. The number of nitrogens with one attached hydrogen (secondary N) is 1. The number of amides is 1. The van der Waals surface area contributed by atoms with Gasteiger partial charge in [-0.3, -0.25) is 4.79 Å². The summed E-state index contributed by atoms with van der Waals surface area (Å²) in [6.45, 7) is 4.94. The molecule has 2 bridgehead atoms. The van der Waals surface area contributed by atoms with E-state index < -0.39 is 0 Å². The van der Waals surface area contributed by atoms with Crippen LogP contribution in [0.15, 0.2) is 36.4 Å². The molecule has 3 N–H and O–H groups in total. The van der Waals surface area contributed by atoms with Crippen molar-refractivity contribution in [1.82, 2.24) is 10.3 Å². The number of carbonyl (C=O) groups is 1. The van der Waals surface area contributed by atoms with Gasteiger partial charge in [0.2, 0.25) is 0 Å². The predicted molar refractivity (Wildman–Crippen MR) is 124 cm³/mol. The lowest BCUT2D eigenvalue weighted by molar-refractivity contribution is 0.0959. The van der Waals surface area contributed by atoms with Crippen molar-refractivity contribution in [3.8, 4) is 0 Å². The van der Waals surface area contributed by atoms with Gasteiger partial charge in [-0.2, -0.15) is 0 Å². The maximum Gasteiger partial charge on any atom is 0.263 e. The molecule has 1 unspecified atom stereocenters. The Labute approximate surface area is 181 Å². The van der Waals surface area contributed by atoms with Gasteiger partial charge < -0.3 is 16.0 Å². The minimum Gasteiger partial charge on any atom is -0.397 e. The summed E-state index contributed by atoms with van der Waals surface area (Å²) in [5.41, 5.74) is 10.2. The van der Waals surface area contributed by atoms with E-state index >= 15 is 0 Å². The molecule has 0 spiro atoms. The molecule has 1 aliphatic carbocycles. The summed E-state index contributed by atoms with van der Waals surface area (Å²) in [7, 11) is 0. The number of pyridine rings is 1. The van der Waals surface area contributed by atoms with Crippen LogP contribution in [0.1, 0.15) is 40.2 Å². The van der Waals surface area contributed by atoms with Crippen LogP contribution in [0.2, 0.25) is 0 Å². The standard InChI is InChI=1S/C24H28N4OS/c1-15-2-9-20-21(25)22(30-24(20)27-15)23(29)26-11-10-16-5-7-19(8-6-16)28-13-17-3-4-18(12-17)14-28/h2,5-9,17-18H,3-4,10-14,25H2,1H3,(H,26,29)/t17-,18?/m0/s1. The van der Waals surface area contributed by atoms with Crippen LogP contribution in [-0.4, -0.2) is 30.5 Å². The van der Waals surface area contributed by atoms with Crippen LogP contribution in [0.25, 0.3) is 10.2 Å². The maximum atomic E-state index is 12.6. The fourth-order valence-electron chi connectivity index (χ4n) is 4.95. The third-order valence-corrected chi connectivity index (χ3v) is 7.66. The fourth-order valence-corrected chi connectivity index (χ4v) is 6.01. The number of nitrogen functional groups attached to an aromatic ring is 1. The first-order valence-electron chi connectivity index (χ1n) is 10.8. The van der Waals surface area contributed by atoms with Gasteiger partial charge in [0.05, 0.1) is 5.69 Å². The number of hydrogen-bond donors (Lipinski definition) is 2. The van der Waals surface area contributed by atoms with E-state index in [9.17, 15) is 4.79 Å². The second-order valence-corrected chi connectivity index (χ2v) is 9.77. The summed E-state index contributed by atoms with van der Waals surface area (Å²) >= 11 is 1.36. The molecule has 30 heavy (non-hydrogen) atoms. The lowest BCUT2D eigenvalue weighted by Crippen LogP contribution is -2.36. The smallest absolute Gasteiger partial charge is 0.263 e. The molecular weight excluding hydrogens is 392 g/mol. The molecule has 3 heterocycles. The Kier molecular flexibility index (Phi) is 5.11. The molecule has 5 nitrogen and oxygen atoms in total. The molecule has 6 heteroatoms. The summed E-state index contributed by atoms with van der Waals surface area (Å²) in [5, 5.41) is 3.87. The van der Waals surface area contributed by atoms with Crippen molar-refractivity contribution < 1.29 is 4.79 Å². The third-order valence-electron chi connectivity index (χ3n) is 6.55. The summed E-state index contributed by atoms with van der Waals surface area (Å²) in [6, 6.07) is 12.7. The van der Waals surface area contributed by atoms with E-state index in [2.05, 4.69) is 39.5 Å². The van der Waals surface area contributed by atoms with Gasteiger partial charge in [0, 0.05) is 36.4 Å². The summed E-state index contributed by atoms with van der Waals surface area (Å²) in [4.78, 5) is 21.0. The first-order chi connectivity index (χ1) is 14.6. The Balaban J connectivity index is 1.18. The second kappa shape index (κ2) is 7.91. The summed E-state index contributed by atoms with van der Waals surface area (Å²) in [6.07, 6.45) is 5.03. The molecule has 5 rings (SSSR count). The van der Waals surface area contributed by atoms with Gasteiger partial charge >= 0.3 is 0 Å². The van der Waals surface area contributed by atoms with Gasteiger partial charge in [-0.25, -0.2) is 4.98 Å². The summed E-state index contributed by atoms with van der Waals surface area (Å²) in [5.74, 6) is 1.66. The molecule has 2 aliphatic rings. The normalized spacial score (nSPS) is 20.6. The average Bonchev–Trinajstić information content (AvgIpc) is 3.26. The van der Waals surface area contributed by atoms with Crippen molar-refractivity contribution in [3.05, 3.63) is 52.5 Å². The van der Waals surface area contributed by atoms with Crippen LogP contribution < -0.4 is 16.0 Å². The number of benzene rings is 1. The van der Waals surface area contributed by atoms with Gasteiger partial charge in [0.15, 0.2) is 0 Å². The van der Waals surface area contributed by atoms with Gasteiger partial charge in [-0.15, -0.1) is 11.3 Å². The van der Waals surface area contributed by atoms with Crippen LogP contribution in [0.4, 0.5) is 11.4 Å². The number of anilines is 2. The van der Waals surface area contributed by atoms with Crippen molar-refractivity contribution in [2.24, 2.45) is 11.8 Å². The Bertz CT molecular complexity index is 1060. The van der Waals surface area contributed by atoms with Crippen molar-refractivity contribution >= 4 is 38.8 Å². The molecule has 2 aromatic heterocycles. The van der Waals surface area contributed by atoms with Crippen LogP contribution in [-0.2, 0) is 6.42 Å². The van der Waals surface area contributed by atoms with E-state index in [-0.39, 0.29) is 5.91 Å². The lowest BCUT2D eigenvalue weighted by Gasteiger charge is -2.33. The number of carbonyl (C=O) groups excluding carboxylic acids is 1. The first-order valence-corrected chi connectivity index (χ1v) is 11.7. The minimum atomic E-state index is -0.117. The topological polar surface area (TPSA) is 71.2 Å². The van der Waals surface area contributed by atoms with Gasteiger partial charge in [0.25, 0.3) is 5.91 Å². The van der Waals surface area contributed by atoms with Crippen molar-refractivity contribution in [3.63, 3.8) is 0 Å². The lowest BCUT2D eigenvalue weighted by atomic mass is 9.98. The molecule has 0 radical (unpaired) electrons. The highest BCUT2D eigenvalue weighted by atomic mass is 32.1. The quantitative estimate of drug-likeness (QED) is 0.642. The number of rotatable bonds is 5. The molecule has 2 atom stereocenters. The zero-order valence-electron chi connectivity index (χ0n) is 17.4. The zero-order valence-corrected chi connectivity index (χ0v) is 18.2. The average molecular weight is 421 g/mol. The van der Waals surface area contributed by atoms with E-state index in [1.54, 1.807) is 0 Å². The minimum absolute atomic E-state index is 0.117. The van der Waals surface area contributed by atoms with E-state index in [0.29, 0.717) is 17.1 Å². The summed E-state index contributed by atoms with van der Waals surface area (Å²) < 4.78 is 0. The predicted octanol–water partition coefficient (Wildman–Crippen LogP) is 4.40. The molecule has 1 amide bonds. The molecular formula is C24H28N4OS. The third kappa shape index (κ3) is 3.76. The molecule has 1 saturated carbocycles. The number of thiophene rings is 1. The Hall–Kier alpha value is -2.60. The number of fused-ring (bicyclic) bond motifs is 3. The van der Waals surface area contributed by atoms with E-state index in [0.717, 1.165) is 34.2 Å². The van der Waals surface area contributed by atoms with Gasteiger partial charge in [-0.1, -0.05) is 12.1 Å². The largest absolute Gasteiger partial charge is 0.397 e. The number of piperidine rings is 1. The number of aryl methyl sites for hydroxylation is 1. The van der Waals surface area contributed by atoms with Gasteiger partial charge in [0.1, 0.15) is 9.71 Å².